The van der Waals surface area contributed by atoms with Crippen LogP contribution in [0.4, 0.5) is 0 Å². The van der Waals surface area contributed by atoms with Gasteiger partial charge in [0.25, 0.3) is 0 Å². The monoisotopic (exact) mass is 218 g/mol. The molecule has 0 aromatic carbocycles. The van der Waals surface area contributed by atoms with Gasteiger partial charge in [-0.05, 0) is 5.75 Å². The third-order valence-electron chi connectivity index (χ3n) is 1.40. The zero-order valence-electron chi connectivity index (χ0n) is 8.53. The first-order chi connectivity index (χ1) is 6.65. The number of methoxy groups -OCH3 is 2. The highest BCUT2D eigenvalue weighted by Crippen LogP contribution is 2.09. The van der Waals surface area contributed by atoms with Gasteiger partial charge in [-0.25, -0.2) is 9.59 Å². The van der Waals surface area contributed by atoms with Gasteiger partial charge in [0, 0.05) is 11.8 Å². The largest absolute Gasteiger partial charge is 0.466 e. The lowest BCUT2D eigenvalue weighted by Gasteiger charge is -2.03. The minimum atomic E-state index is -0.540. The van der Waals surface area contributed by atoms with E-state index in [2.05, 4.69) is 9.47 Å². The molecule has 0 saturated carbocycles. The molecule has 0 N–H and O–H groups in total. The van der Waals surface area contributed by atoms with Crippen LogP contribution in [0.1, 0.15) is 6.92 Å². The highest BCUT2D eigenvalue weighted by atomic mass is 32.2. The SMILES string of the molecule is CCSCC(=CC(=O)OC)C(=O)OC. The standard InChI is InChI=1S/C9H14O4S/c1-4-14-6-7(9(11)13-3)5-8(10)12-2/h5H,4,6H2,1-3H3. The maximum absolute atomic E-state index is 11.2. The molecule has 0 rings (SSSR count). The van der Waals surface area contributed by atoms with E-state index in [1.807, 2.05) is 6.92 Å². The van der Waals surface area contributed by atoms with Crippen molar-refractivity contribution in [3.63, 3.8) is 0 Å². The van der Waals surface area contributed by atoms with E-state index < -0.39 is 11.9 Å². The van der Waals surface area contributed by atoms with Crippen LogP contribution in [0.5, 0.6) is 0 Å². The van der Waals surface area contributed by atoms with Crippen LogP contribution >= 0.6 is 11.8 Å². The Labute approximate surface area is 87.6 Å². The normalized spacial score (nSPS) is 10.9. The molecule has 0 unspecified atom stereocenters. The summed E-state index contributed by atoms with van der Waals surface area (Å²) in [7, 11) is 2.55. The molecule has 0 aliphatic rings. The van der Waals surface area contributed by atoms with Crippen LogP contribution in [-0.4, -0.2) is 37.7 Å². The molecule has 0 spiro atoms. The lowest BCUT2D eigenvalue weighted by Crippen LogP contribution is -2.10. The molecular formula is C9H14O4S. The van der Waals surface area contributed by atoms with E-state index in [9.17, 15) is 9.59 Å². The number of rotatable bonds is 5. The fourth-order valence-corrected chi connectivity index (χ4v) is 1.33. The van der Waals surface area contributed by atoms with Crippen LogP contribution in [0.3, 0.4) is 0 Å². The zero-order chi connectivity index (χ0) is 11.0. The molecule has 80 valence electrons. The Morgan fingerprint density at radius 2 is 1.93 bits per heavy atom. The number of hydrogen-bond acceptors (Lipinski definition) is 5. The van der Waals surface area contributed by atoms with Gasteiger partial charge in [0.1, 0.15) is 0 Å². The predicted octanol–water partition coefficient (Wildman–Crippen LogP) is 1.01. The molecule has 0 saturated heterocycles. The van der Waals surface area contributed by atoms with Gasteiger partial charge >= 0.3 is 11.9 Å². The van der Waals surface area contributed by atoms with Crippen molar-refractivity contribution in [2.24, 2.45) is 0 Å². The molecule has 5 heteroatoms. The Balaban J connectivity index is 4.45. The summed E-state index contributed by atoms with van der Waals surface area (Å²) in [4.78, 5) is 22.0. The first-order valence-electron chi connectivity index (χ1n) is 4.10. The Bertz CT molecular complexity index is 235. The molecule has 0 aliphatic heterocycles. The number of esters is 2. The summed E-state index contributed by atoms with van der Waals surface area (Å²) in [6.07, 6.45) is 1.16. The second kappa shape index (κ2) is 7.44. The van der Waals surface area contributed by atoms with Gasteiger partial charge in [-0.1, -0.05) is 6.92 Å². The second-order valence-electron chi connectivity index (χ2n) is 2.32. The number of carbonyl (C=O) groups excluding carboxylic acids is 2. The molecule has 0 bridgehead atoms. The molecule has 0 radical (unpaired) electrons. The minimum Gasteiger partial charge on any atom is -0.466 e. The van der Waals surface area contributed by atoms with Gasteiger partial charge in [0.15, 0.2) is 0 Å². The van der Waals surface area contributed by atoms with Gasteiger partial charge in [-0.3, -0.25) is 0 Å². The predicted molar refractivity (Wildman–Crippen MR) is 55.1 cm³/mol. The van der Waals surface area contributed by atoms with E-state index in [0.29, 0.717) is 11.3 Å². The number of thioether (sulfide) groups is 1. The summed E-state index contributed by atoms with van der Waals surface area (Å²) in [6, 6.07) is 0. The summed E-state index contributed by atoms with van der Waals surface area (Å²) in [5, 5.41) is 0. The van der Waals surface area contributed by atoms with Crippen molar-refractivity contribution in [1.29, 1.82) is 0 Å². The molecule has 0 heterocycles. The van der Waals surface area contributed by atoms with Crippen molar-refractivity contribution in [2.75, 3.05) is 25.7 Å². The van der Waals surface area contributed by atoms with Crippen LogP contribution < -0.4 is 0 Å². The Morgan fingerprint density at radius 3 is 2.36 bits per heavy atom. The van der Waals surface area contributed by atoms with Crippen molar-refractivity contribution in [3.8, 4) is 0 Å². The Hall–Kier alpha value is -0.970. The topological polar surface area (TPSA) is 52.6 Å². The van der Waals surface area contributed by atoms with E-state index in [4.69, 9.17) is 0 Å². The van der Waals surface area contributed by atoms with Gasteiger partial charge < -0.3 is 9.47 Å². The van der Waals surface area contributed by atoms with Gasteiger partial charge in [0.2, 0.25) is 0 Å². The van der Waals surface area contributed by atoms with E-state index in [0.717, 1.165) is 11.8 Å². The fourth-order valence-electron chi connectivity index (χ4n) is 0.704. The summed E-state index contributed by atoms with van der Waals surface area (Å²) in [5.41, 5.74) is 0.325. The van der Waals surface area contributed by atoms with Crippen molar-refractivity contribution >= 4 is 23.7 Å². The molecular weight excluding hydrogens is 204 g/mol. The van der Waals surface area contributed by atoms with Crippen LogP contribution in [0.25, 0.3) is 0 Å². The van der Waals surface area contributed by atoms with E-state index in [1.165, 1.54) is 26.0 Å². The number of carbonyl (C=O) groups is 2. The zero-order valence-corrected chi connectivity index (χ0v) is 9.35. The van der Waals surface area contributed by atoms with Crippen molar-refractivity contribution in [2.45, 2.75) is 6.92 Å². The average molecular weight is 218 g/mol. The molecule has 14 heavy (non-hydrogen) atoms. The average Bonchev–Trinajstić information content (AvgIpc) is 2.22. The van der Waals surface area contributed by atoms with E-state index in [-0.39, 0.29) is 0 Å². The number of ether oxygens (including phenoxy) is 2. The van der Waals surface area contributed by atoms with Crippen LogP contribution in [0.15, 0.2) is 11.6 Å². The van der Waals surface area contributed by atoms with Gasteiger partial charge in [-0.2, -0.15) is 11.8 Å². The molecule has 0 aromatic rings. The summed E-state index contributed by atoms with van der Waals surface area (Å²) in [5.74, 6) is 0.298. The van der Waals surface area contributed by atoms with Crippen LogP contribution in [0, 0.1) is 0 Å². The quantitative estimate of drug-likeness (QED) is 0.509. The Morgan fingerprint density at radius 1 is 1.29 bits per heavy atom. The maximum atomic E-state index is 11.2. The molecule has 4 nitrogen and oxygen atoms in total. The summed E-state index contributed by atoms with van der Waals surface area (Å²) in [6.45, 7) is 1.97. The highest BCUT2D eigenvalue weighted by molar-refractivity contribution is 7.99. The molecule has 0 amide bonds. The van der Waals surface area contributed by atoms with Crippen molar-refractivity contribution < 1.29 is 19.1 Å². The second-order valence-corrected chi connectivity index (χ2v) is 3.60. The maximum Gasteiger partial charge on any atom is 0.334 e. The van der Waals surface area contributed by atoms with Crippen LogP contribution in [-0.2, 0) is 19.1 Å². The lowest BCUT2D eigenvalue weighted by molar-refractivity contribution is -0.138. The fraction of sp³-hybridized carbons (Fsp3) is 0.556. The molecule has 0 atom stereocenters. The highest BCUT2D eigenvalue weighted by Gasteiger charge is 2.11. The van der Waals surface area contributed by atoms with E-state index >= 15 is 0 Å². The number of hydrogen-bond donors (Lipinski definition) is 0. The lowest BCUT2D eigenvalue weighted by atomic mass is 10.3. The Kier molecular flexibility index (Phi) is 6.92. The third-order valence-corrected chi connectivity index (χ3v) is 2.33. The summed E-state index contributed by atoms with van der Waals surface area (Å²) >= 11 is 1.54. The van der Waals surface area contributed by atoms with Crippen LogP contribution in [0.2, 0.25) is 0 Å². The molecule has 0 aliphatic carbocycles. The molecule has 0 aromatic heterocycles. The third kappa shape index (κ3) is 4.91. The molecule has 0 fully saturated rings. The smallest absolute Gasteiger partial charge is 0.334 e. The van der Waals surface area contributed by atoms with Gasteiger partial charge in [0.05, 0.1) is 19.8 Å². The first-order valence-corrected chi connectivity index (χ1v) is 5.25. The van der Waals surface area contributed by atoms with Gasteiger partial charge in [-0.15, -0.1) is 0 Å². The minimum absolute atomic E-state index is 0.325. The van der Waals surface area contributed by atoms with Crippen molar-refractivity contribution in [1.82, 2.24) is 0 Å². The van der Waals surface area contributed by atoms with E-state index in [1.54, 1.807) is 0 Å². The first kappa shape index (κ1) is 13.0. The van der Waals surface area contributed by atoms with Crippen molar-refractivity contribution in [3.05, 3.63) is 11.6 Å². The summed E-state index contributed by atoms with van der Waals surface area (Å²) < 4.78 is 8.95.